The van der Waals surface area contributed by atoms with E-state index in [9.17, 15) is 9.59 Å². The minimum atomic E-state index is -0.253. The van der Waals surface area contributed by atoms with Crippen LogP contribution in [0.2, 0.25) is 0 Å². The van der Waals surface area contributed by atoms with E-state index in [-0.39, 0.29) is 11.5 Å². The molecule has 1 N–H and O–H groups in total. The monoisotopic (exact) mass is 369 g/mol. The zero-order valence-corrected chi connectivity index (χ0v) is 15.1. The molecule has 3 heterocycles. The van der Waals surface area contributed by atoms with Gasteiger partial charge in [-0.25, -0.2) is 0 Å². The summed E-state index contributed by atoms with van der Waals surface area (Å²) in [6.07, 6.45) is 4.47. The number of nitrogens with one attached hydrogen (secondary N) is 1. The summed E-state index contributed by atoms with van der Waals surface area (Å²) >= 11 is 0. The van der Waals surface area contributed by atoms with Gasteiger partial charge in [0.05, 0.1) is 32.1 Å². The van der Waals surface area contributed by atoms with Crippen molar-refractivity contribution in [1.29, 1.82) is 0 Å². The Bertz CT molecular complexity index is 875. The van der Waals surface area contributed by atoms with E-state index >= 15 is 0 Å². The van der Waals surface area contributed by atoms with Gasteiger partial charge in [-0.1, -0.05) is 6.07 Å². The summed E-state index contributed by atoms with van der Waals surface area (Å²) in [6.45, 7) is 2.24. The zero-order valence-electron chi connectivity index (χ0n) is 15.1. The predicted molar refractivity (Wildman–Crippen MR) is 98.9 cm³/mol. The normalized spacial score (nSPS) is 16.3. The van der Waals surface area contributed by atoms with Gasteiger partial charge in [0.2, 0.25) is 0 Å². The van der Waals surface area contributed by atoms with Gasteiger partial charge in [0.1, 0.15) is 11.3 Å². The number of pyridine rings is 2. The van der Waals surface area contributed by atoms with Gasteiger partial charge in [-0.3, -0.25) is 14.6 Å². The number of carbonyl (C=O) groups is 1. The summed E-state index contributed by atoms with van der Waals surface area (Å²) in [5.41, 5.74) is 1.75. The van der Waals surface area contributed by atoms with Gasteiger partial charge in [-0.15, -0.1) is 0 Å². The maximum absolute atomic E-state index is 13.0. The highest BCUT2D eigenvalue weighted by Crippen LogP contribution is 2.31. The Balaban J connectivity index is 1.64. The lowest BCUT2D eigenvalue weighted by Crippen LogP contribution is -2.31. The molecule has 0 spiro atoms. The number of hydrogen-bond acceptors (Lipinski definition) is 5. The standard InChI is InChI=1S/C20H23N3O4/c24-18-11-17(27-13-14-4-5-14)19(16-6-9-26-10-8-23(16)18)20(25)22-12-15-3-1-2-7-21-15/h1-3,7,11,14H,4-6,8-10,12-13H2,(H,22,25). The molecule has 0 radical (unpaired) electrons. The van der Waals surface area contributed by atoms with Crippen LogP contribution < -0.4 is 15.6 Å². The number of aromatic nitrogens is 2. The number of rotatable bonds is 6. The average Bonchev–Trinajstić information content (AvgIpc) is 3.52. The van der Waals surface area contributed by atoms with E-state index in [0.717, 1.165) is 18.5 Å². The van der Waals surface area contributed by atoms with Crippen molar-refractivity contribution in [3.8, 4) is 5.75 Å². The molecule has 27 heavy (non-hydrogen) atoms. The Kier molecular flexibility index (Phi) is 5.20. The molecule has 0 unspecified atom stereocenters. The second kappa shape index (κ2) is 7.92. The summed E-state index contributed by atoms with van der Waals surface area (Å²) < 4.78 is 13.0. The molecule has 2 aliphatic rings. The first kappa shape index (κ1) is 17.7. The van der Waals surface area contributed by atoms with Gasteiger partial charge in [0.15, 0.2) is 0 Å². The van der Waals surface area contributed by atoms with Crippen molar-refractivity contribution in [3.63, 3.8) is 0 Å². The van der Waals surface area contributed by atoms with Crippen molar-refractivity contribution >= 4 is 5.91 Å². The highest BCUT2D eigenvalue weighted by atomic mass is 16.5. The van der Waals surface area contributed by atoms with Crippen LogP contribution in [0.4, 0.5) is 0 Å². The smallest absolute Gasteiger partial charge is 0.257 e. The minimum Gasteiger partial charge on any atom is -0.492 e. The molecular weight excluding hydrogens is 346 g/mol. The van der Waals surface area contributed by atoms with Crippen molar-refractivity contribution in [2.24, 2.45) is 5.92 Å². The summed E-state index contributed by atoms with van der Waals surface area (Å²) in [4.78, 5) is 29.8. The molecule has 1 aliphatic carbocycles. The second-order valence-electron chi connectivity index (χ2n) is 6.94. The molecule has 7 nitrogen and oxygen atoms in total. The first-order valence-corrected chi connectivity index (χ1v) is 9.38. The third kappa shape index (κ3) is 4.19. The van der Waals surface area contributed by atoms with E-state index in [0.29, 0.717) is 62.3 Å². The third-order valence-electron chi connectivity index (χ3n) is 4.88. The molecule has 4 rings (SSSR count). The third-order valence-corrected chi connectivity index (χ3v) is 4.88. The van der Waals surface area contributed by atoms with E-state index in [1.807, 2.05) is 18.2 Å². The van der Waals surface area contributed by atoms with E-state index < -0.39 is 0 Å². The highest BCUT2D eigenvalue weighted by molar-refractivity contribution is 5.98. The molecule has 2 aromatic rings. The van der Waals surface area contributed by atoms with E-state index in [1.54, 1.807) is 10.8 Å². The van der Waals surface area contributed by atoms with Crippen LogP contribution in [0.15, 0.2) is 35.3 Å². The molecule has 0 bridgehead atoms. The first-order valence-electron chi connectivity index (χ1n) is 9.38. The lowest BCUT2D eigenvalue weighted by atomic mass is 10.1. The van der Waals surface area contributed by atoms with Gasteiger partial charge in [-0.05, 0) is 30.9 Å². The molecule has 0 saturated heterocycles. The molecule has 142 valence electrons. The quantitative estimate of drug-likeness (QED) is 0.835. The fourth-order valence-electron chi connectivity index (χ4n) is 3.22. The molecule has 1 aliphatic heterocycles. The van der Waals surface area contributed by atoms with Gasteiger partial charge in [0, 0.05) is 30.9 Å². The molecule has 7 heteroatoms. The van der Waals surface area contributed by atoms with Gasteiger partial charge in [0.25, 0.3) is 11.5 Å². The molecule has 0 atom stereocenters. The summed E-state index contributed by atoms with van der Waals surface area (Å²) in [7, 11) is 0. The Morgan fingerprint density at radius 2 is 2.22 bits per heavy atom. The molecule has 1 amide bonds. The number of ether oxygens (including phenoxy) is 2. The Morgan fingerprint density at radius 3 is 3.00 bits per heavy atom. The minimum absolute atomic E-state index is 0.150. The van der Waals surface area contributed by atoms with E-state index in [1.165, 1.54) is 6.07 Å². The van der Waals surface area contributed by atoms with Gasteiger partial charge in [-0.2, -0.15) is 0 Å². The lowest BCUT2D eigenvalue weighted by Gasteiger charge is -2.18. The fraction of sp³-hybridized carbons (Fsp3) is 0.450. The Hall–Kier alpha value is -2.67. The molecular formula is C20H23N3O4. The van der Waals surface area contributed by atoms with Crippen molar-refractivity contribution in [2.45, 2.75) is 32.4 Å². The van der Waals surface area contributed by atoms with E-state index in [2.05, 4.69) is 10.3 Å². The van der Waals surface area contributed by atoms with Crippen LogP contribution in [-0.2, 0) is 24.2 Å². The van der Waals surface area contributed by atoms with E-state index in [4.69, 9.17) is 9.47 Å². The first-order chi connectivity index (χ1) is 13.2. The summed E-state index contributed by atoms with van der Waals surface area (Å²) in [5, 5.41) is 2.91. The average molecular weight is 369 g/mol. The van der Waals surface area contributed by atoms with Crippen molar-refractivity contribution in [1.82, 2.24) is 14.9 Å². The van der Waals surface area contributed by atoms with Crippen LogP contribution in [0.25, 0.3) is 0 Å². The second-order valence-corrected chi connectivity index (χ2v) is 6.94. The SMILES string of the molecule is O=C(NCc1ccccn1)c1c(OCC2CC2)cc(=O)n2c1CCOCC2. The summed E-state index contributed by atoms with van der Waals surface area (Å²) in [5.74, 6) is 0.648. The highest BCUT2D eigenvalue weighted by Gasteiger charge is 2.27. The van der Waals surface area contributed by atoms with Crippen LogP contribution in [0.3, 0.4) is 0 Å². The Morgan fingerprint density at radius 1 is 1.33 bits per heavy atom. The molecule has 2 aromatic heterocycles. The molecule has 0 aromatic carbocycles. The topological polar surface area (TPSA) is 82.5 Å². The molecule has 1 fully saturated rings. The van der Waals surface area contributed by atoms with Crippen LogP contribution in [0, 0.1) is 5.92 Å². The largest absolute Gasteiger partial charge is 0.492 e. The van der Waals surface area contributed by atoms with Gasteiger partial charge >= 0.3 is 0 Å². The number of carbonyl (C=O) groups excluding carboxylic acids is 1. The number of hydrogen-bond donors (Lipinski definition) is 1. The van der Waals surface area contributed by atoms with Crippen molar-refractivity contribution < 1.29 is 14.3 Å². The Labute approximate surface area is 157 Å². The van der Waals surface area contributed by atoms with Crippen LogP contribution in [0.1, 0.15) is 34.6 Å². The number of amides is 1. The lowest BCUT2D eigenvalue weighted by molar-refractivity contribution is 0.0943. The van der Waals surface area contributed by atoms with Crippen LogP contribution in [-0.4, -0.2) is 35.3 Å². The maximum atomic E-state index is 13.0. The molecule has 1 saturated carbocycles. The predicted octanol–water partition coefficient (Wildman–Crippen LogP) is 1.53. The van der Waals surface area contributed by atoms with Crippen molar-refractivity contribution in [3.05, 3.63) is 57.8 Å². The zero-order chi connectivity index (χ0) is 18.6. The fourth-order valence-corrected chi connectivity index (χ4v) is 3.22. The van der Waals surface area contributed by atoms with Crippen LogP contribution >= 0.6 is 0 Å². The maximum Gasteiger partial charge on any atom is 0.257 e. The van der Waals surface area contributed by atoms with Crippen molar-refractivity contribution in [2.75, 3.05) is 19.8 Å². The number of nitrogens with zero attached hydrogens (tertiary/aromatic N) is 2. The van der Waals surface area contributed by atoms with Gasteiger partial charge < -0.3 is 19.4 Å². The summed E-state index contributed by atoms with van der Waals surface area (Å²) in [6, 6.07) is 7.00. The number of fused-ring (bicyclic) bond motifs is 1. The van der Waals surface area contributed by atoms with Crippen LogP contribution in [0.5, 0.6) is 5.75 Å².